The Morgan fingerprint density at radius 3 is 2.33 bits per heavy atom. The van der Waals surface area contributed by atoms with Crippen LogP contribution in [-0.4, -0.2) is 17.4 Å². The molecule has 3 nitrogen and oxygen atoms in total. The molecule has 1 amide bonds. The Morgan fingerprint density at radius 1 is 1.24 bits per heavy atom. The zero-order valence-corrected chi connectivity index (χ0v) is 13.8. The van der Waals surface area contributed by atoms with Gasteiger partial charge in [0.1, 0.15) is 0 Å². The molecule has 0 radical (unpaired) electrons. The Hall–Kier alpha value is -1.45. The quantitative estimate of drug-likeness (QED) is 0.918. The molecule has 1 heterocycles. The van der Waals surface area contributed by atoms with Crippen molar-refractivity contribution in [2.24, 2.45) is 5.73 Å². The van der Waals surface area contributed by atoms with Gasteiger partial charge in [-0.15, -0.1) is 0 Å². The molecule has 5 heteroatoms. The third-order valence-electron chi connectivity index (χ3n) is 3.68. The van der Waals surface area contributed by atoms with Crippen molar-refractivity contribution in [1.29, 1.82) is 0 Å². The van der Waals surface area contributed by atoms with Crippen molar-refractivity contribution in [2.75, 3.05) is 6.54 Å². The van der Waals surface area contributed by atoms with Gasteiger partial charge in [0.05, 0.1) is 0 Å². The Bertz CT molecular complexity index is 639. The van der Waals surface area contributed by atoms with Crippen LogP contribution < -0.4 is 5.73 Å². The lowest BCUT2D eigenvalue weighted by Crippen LogP contribution is -2.32. The minimum Gasteiger partial charge on any atom is -0.366 e. The minimum absolute atomic E-state index is 0.387. The lowest BCUT2D eigenvalue weighted by Gasteiger charge is -2.31. The molecule has 21 heavy (non-hydrogen) atoms. The van der Waals surface area contributed by atoms with Crippen molar-refractivity contribution in [3.8, 4) is 0 Å². The number of hydrogen-bond donors (Lipinski definition) is 1. The zero-order valence-electron chi connectivity index (χ0n) is 12.3. The highest BCUT2D eigenvalue weighted by Gasteiger charge is 2.21. The van der Waals surface area contributed by atoms with Gasteiger partial charge in [-0.2, -0.15) is 0 Å². The van der Waals surface area contributed by atoms with Gasteiger partial charge in [-0.05, 0) is 50.1 Å². The van der Waals surface area contributed by atoms with Gasteiger partial charge in [-0.3, -0.25) is 4.79 Å². The van der Waals surface area contributed by atoms with Gasteiger partial charge in [0.2, 0.25) is 5.91 Å². The maximum absolute atomic E-state index is 11.5. The molecule has 0 spiro atoms. The number of aryl methyl sites for hydroxylation is 1. The number of halogens is 2. The number of rotatable bonds is 3. The van der Waals surface area contributed by atoms with Crippen molar-refractivity contribution < 1.29 is 4.79 Å². The van der Waals surface area contributed by atoms with Gasteiger partial charge in [-0.25, -0.2) is 0 Å². The molecule has 2 rings (SSSR count). The number of carbonyl (C=O) groups excluding carboxylic acids is 1. The summed E-state index contributed by atoms with van der Waals surface area (Å²) in [6.45, 7) is 6.86. The Kier molecular flexibility index (Phi) is 4.64. The highest BCUT2D eigenvalue weighted by molar-refractivity contribution is 6.36. The van der Waals surface area contributed by atoms with E-state index in [4.69, 9.17) is 28.9 Å². The molecular formula is C16H18Cl2N2O. The van der Waals surface area contributed by atoms with Crippen LogP contribution >= 0.6 is 23.2 Å². The van der Waals surface area contributed by atoms with Crippen molar-refractivity contribution in [2.45, 2.75) is 27.3 Å². The fraction of sp³-hybridized carbons (Fsp3) is 0.312. The summed E-state index contributed by atoms with van der Waals surface area (Å²) in [6.07, 6.45) is 1.96. The maximum atomic E-state index is 11.5. The first kappa shape index (κ1) is 15.9. The summed E-state index contributed by atoms with van der Waals surface area (Å²) < 4.78 is 0. The van der Waals surface area contributed by atoms with Crippen LogP contribution in [-0.2, 0) is 11.3 Å². The maximum Gasteiger partial charge on any atom is 0.246 e. The number of primary amides is 1. The molecule has 1 aliphatic rings. The summed E-state index contributed by atoms with van der Waals surface area (Å²) in [7, 11) is 0. The van der Waals surface area contributed by atoms with Crippen LogP contribution in [0, 0.1) is 6.92 Å². The van der Waals surface area contributed by atoms with E-state index in [1.165, 1.54) is 0 Å². The minimum atomic E-state index is -0.387. The molecule has 0 fully saturated rings. The molecule has 0 unspecified atom stereocenters. The van der Waals surface area contributed by atoms with Gasteiger partial charge < -0.3 is 10.6 Å². The van der Waals surface area contributed by atoms with E-state index < -0.39 is 0 Å². The van der Waals surface area contributed by atoms with E-state index in [2.05, 4.69) is 4.90 Å². The highest BCUT2D eigenvalue weighted by Crippen LogP contribution is 2.30. The van der Waals surface area contributed by atoms with E-state index in [0.29, 0.717) is 28.7 Å². The second kappa shape index (κ2) is 6.12. The standard InChI is InChI=1S/C16H18Cl2N2O/c1-9-4-14(17)13(15(18)5-9)8-20-7-12(16(19)21)10(2)6-11(20)3/h4-6H,7-8H2,1-3H3,(H2,19,21). The van der Waals surface area contributed by atoms with Crippen LogP contribution in [0.5, 0.6) is 0 Å². The monoisotopic (exact) mass is 324 g/mol. The summed E-state index contributed by atoms with van der Waals surface area (Å²) >= 11 is 12.6. The van der Waals surface area contributed by atoms with Gasteiger partial charge in [-0.1, -0.05) is 23.2 Å². The Balaban J connectivity index is 2.30. The summed E-state index contributed by atoms with van der Waals surface area (Å²) in [6, 6.07) is 3.78. The fourth-order valence-corrected chi connectivity index (χ4v) is 3.17. The first-order valence-electron chi connectivity index (χ1n) is 6.67. The molecule has 0 atom stereocenters. The van der Waals surface area contributed by atoms with E-state index in [9.17, 15) is 4.79 Å². The summed E-state index contributed by atoms with van der Waals surface area (Å²) in [5, 5.41) is 1.28. The number of benzene rings is 1. The SMILES string of the molecule is CC1=CC(C)=C(C(N)=O)CN1Cc1c(Cl)cc(C)cc1Cl. The third-order valence-corrected chi connectivity index (χ3v) is 4.36. The molecule has 112 valence electrons. The van der Waals surface area contributed by atoms with Crippen molar-refractivity contribution in [3.05, 3.63) is 56.2 Å². The smallest absolute Gasteiger partial charge is 0.246 e. The average molecular weight is 325 g/mol. The molecule has 1 aromatic rings. The third kappa shape index (κ3) is 3.42. The van der Waals surface area contributed by atoms with Gasteiger partial charge in [0, 0.05) is 40.0 Å². The van der Waals surface area contributed by atoms with E-state index in [0.717, 1.165) is 22.4 Å². The second-order valence-electron chi connectivity index (χ2n) is 5.37. The molecule has 0 aromatic heterocycles. The van der Waals surface area contributed by atoms with Crippen LogP contribution in [0.15, 0.2) is 35.1 Å². The predicted octanol–water partition coefficient (Wildman–Crippen LogP) is 3.82. The molecule has 0 saturated carbocycles. The van der Waals surface area contributed by atoms with Crippen LogP contribution in [0.3, 0.4) is 0 Å². The molecule has 1 aliphatic heterocycles. The lowest BCUT2D eigenvalue weighted by atomic mass is 10.0. The van der Waals surface area contributed by atoms with Crippen LogP contribution in [0.2, 0.25) is 10.0 Å². The fourth-order valence-electron chi connectivity index (χ4n) is 2.46. The van der Waals surface area contributed by atoms with Crippen molar-refractivity contribution in [3.63, 3.8) is 0 Å². The lowest BCUT2D eigenvalue weighted by molar-refractivity contribution is -0.114. The predicted molar refractivity (Wildman–Crippen MR) is 87.3 cm³/mol. The van der Waals surface area contributed by atoms with E-state index in [-0.39, 0.29) is 5.91 Å². The van der Waals surface area contributed by atoms with E-state index >= 15 is 0 Å². The number of amides is 1. The topological polar surface area (TPSA) is 46.3 Å². The zero-order chi connectivity index (χ0) is 15.7. The largest absolute Gasteiger partial charge is 0.366 e. The molecule has 2 N–H and O–H groups in total. The summed E-state index contributed by atoms with van der Waals surface area (Å²) in [5.41, 5.74) is 9.92. The Morgan fingerprint density at radius 2 is 1.81 bits per heavy atom. The number of nitrogens with zero attached hydrogens (tertiary/aromatic N) is 1. The summed E-state index contributed by atoms with van der Waals surface area (Å²) in [5.74, 6) is -0.387. The van der Waals surface area contributed by atoms with E-state index in [1.807, 2.05) is 39.0 Å². The average Bonchev–Trinajstić information content (AvgIpc) is 2.35. The van der Waals surface area contributed by atoms with Crippen LogP contribution in [0.4, 0.5) is 0 Å². The molecule has 0 saturated heterocycles. The van der Waals surface area contributed by atoms with Gasteiger partial charge in [0.15, 0.2) is 0 Å². The Labute approximate surface area is 135 Å². The number of allylic oxidation sites excluding steroid dienone is 3. The van der Waals surface area contributed by atoms with E-state index in [1.54, 1.807) is 0 Å². The summed E-state index contributed by atoms with van der Waals surface area (Å²) in [4.78, 5) is 13.6. The first-order valence-corrected chi connectivity index (χ1v) is 7.42. The number of hydrogen-bond acceptors (Lipinski definition) is 2. The van der Waals surface area contributed by atoms with Crippen molar-refractivity contribution >= 4 is 29.1 Å². The van der Waals surface area contributed by atoms with Crippen LogP contribution in [0.1, 0.15) is 25.0 Å². The molecular weight excluding hydrogens is 307 g/mol. The number of nitrogens with two attached hydrogens (primary N) is 1. The highest BCUT2D eigenvalue weighted by atomic mass is 35.5. The van der Waals surface area contributed by atoms with Crippen LogP contribution in [0.25, 0.3) is 0 Å². The molecule has 0 aliphatic carbocycles. The second-order valence-corrected chi connectivity index (χ2v) is 6.19. The molecule has 1 aromatic carbocycles. The number of carbonyl (C=O) groups is 1. The normalized spacial score (nSPS) is 15.3. The van der Waals surface area contributed by atoms with Gasteiger partial charge >= 0.3 is 0 Å². The van der Waals surface area contributed by atoms with Gasteiger partial charge in [0.25, 0.3) is 0 Å². The first-order chi connectivity index (χ1) is 9.79. The van der Waals surface area contributed by atoms with Crippen molar-refractivity contribution in [1.82, 2.24) is 4.90 Å². The molecule has 0 bridgehead atoms.